The summed E-state index contributed by atoms with van der Waals surface area (Å²) in [5, 5.41) is 11.5. The third-order valence-corrected chi connectivity index (χ3v) is 3.26. The molecule has 0 aliphatic rings. The first-order chi connectivity index (χ1) is 9.40. The first-order valence-corrected chi connectivity index (χ1v) is 6.50. The molecule has 3 N–H and O–H groups in total. The molecule has 0 heterocycles. The predicted molar refractivity (Wildman–Crippen MR) is 75.6 cm³/mol. The quantitative estimate of drug-likeness (QED) is 0.379. The van der Waals surface area contributed by atoms with E-state index < -0.39 is 5.82 Å². The maximum atomic E-state index is 13.4. The Balaban J connectivity index is 2.89. The highest BCUT2D eigenvalue weighted by atomic mass is 35.5. The Morgan fingerprint density at radius 2 is 2.25 bits per heavy atom. The van der Waals surface area contributed by atoms with Crippen LogP contribution in [-0.2, 0) is 0 Å². The standard InChI is InChI=1S/C13H17ClFN3O2/c1-3-18(7-8(2)12(16)17-20)13(19)9-4-5-10(14)11(15)6-9/h4-6,8,20H,3,7H2,1-2H3,(H2,16,17). The van der Waals surface area contributed by atoms with Crippen molar-refractivity contribution in [2.45, 2.75) is 13.8 Å². The highest BCUT2D eigenvalue weighted by Crippen LogP contribution is 2.17. The minimum Gasteiger partial charge on any atom is -0.409 e. The Morgan fingerprint density at radius 3 is 2.75 bits per heavy atom. The summed E-state index contributed by atoms with van der Waals surface area (Å²) in [7, 11) is 0. The molecule has 1 rings (SSSR count). The van der Waals surface area contributed by atoms with E-state index >= 15 is 0 Å². The van der Waals surface area contributed by atoms with Crippen LogP contribution in [0, 0.1) is 11.7 Å². The van der Waals surface area contributed by atoms with Crippen molar-refractivity contribution in [2.75, 3.05) is 13.1 Å². The van der Waals surface area contributed by atoms with Gasteiger partial charge in [-0.1, -0.05) is 23.7 Å². The van der Waals surface area contributed by atoms with Crippen LogP contribution in [0.1, 0.15) is 24.2 Å². The Kier molecular flexibility index (Phi) is 5.76. The number of amidine groups is 1. The Bertz CT molecular complexity index is 522. The van der Waals surface area contributed by atoms with Gasteiger partial charge in [-0.2, -0.15) is 0 Å². The van der Waals surface area contributed by atoms with Crippen LogP contribution in [0.5, 0.6) is 0 Å². The summed E-state index contributed by atoms with van der Waals surface area (Å²) in [5.41, 5.74) is 5.70. The highest BCUT2D eigenvalue weighted by Gasteiger charge is 2.19. The minimum atomic E-state index is -0.641. The van der Waals surface area contributed by atoms with Gasteiger partial charge in [0.25, 0.3) is 5.91 Å². The fourth-order valence-electron chi connectivity index (χ4n) is 1.69. The van der Waals surface area contributed by atoms with E-state index in [1.54, 1.807) is 13.8 Å². The second-order valence-corrected chi connectivity index (χ2v) is 4.81. The van der Waals surface area contributed by atoms with Crippen LogP contribution in [-0.4, -0.2) is 34.9 Å². The molecule has 0 aliphatic heterocycles. The van der Waals surface area contributed by atoms with Crippen molar-refractivity contribution in [2.24, 2.45) is 16.8 Å². The lowest BCUT2D eigenvalue weighted by molar-refractivity contribution is 0.0753. The van der Waals surface area contributed by atoms with Gasteiger partial charge in [-0.05, 0) is 25.1 Å². The summed E-state index contributed by atoms with van der Waals surface area (Å²) in [5.74, 6) is -1.24. The van der Waals surface area contributed by atoms with Gasteiger partial charge in [0.2, 0.25) is 0 Å². The van der Waals surface area contributed by atoms with Crippen molar-refractivity contribution in [1.29, 1.82) is 0 Å². The van der Waals surface area contributed by atoms with E-state index in [4.69, 9.17) is 22.5 Å². The maximum absolute atomic E-state index is 13.4. The fraction of sp³-hybridized carbons (Fsp3) is 0.385. The third kappa shape index (κ3) is 3.84. The first kappa shape index (κ1) is 16.2. The zero-order valence-corrected chi connectivity index (χ0v) is 12.1. The molecule has 5 nitrogen and oxygen atoms in total. The monoisotopic (exact) mass is 301 g/mol. The largest absolute Gasteiger partial charge is 0.409 e. The molecule has 110 valence electrons. The second-order valence-electron chi connectivity index (χ2n) is 4.40. The van der Waals surface area contributed by atoms with E-state index in [0.717, 1.165) is 6.07 Å². The summed E-state index contributed by atoms with van der Waals surface area (Å²) in [6.07, 6.45) is 0. The molecule has 0 aromatic heterocycles. The number of benzene rings is 1. The van der Waals surface area contributed by atoms with Crippen LogP contribution in [0.2, 0.25) is 5.02 Å². The fourth-order valence-corrected chi connectivity index (χ4v) is 1.81. The molecule has 1 amide bonds. The summed E-state index contributed by atoms with van der Waals surface area (Å²) in [4.78, 5) is 13.8. The van der Waals surface area contributed by atoms with Crippen molar-refractivity contribution < 1.29 is 14.4 Å². The Hall–Kier alpha value is -1.82. The molecule has 20 heavy (non-hydrogen) atoms. The number of nitrogens with zero attached hydrogens (tertiary/aromatic N) is 2. The zero-order chi connectivity index (χ0) is 15.3. The van der Waals surface area contributed by atoms with Crippen LogP contribution in [0.3, 0.4) is 0 Å². The number of halogens is 2. The van der Waals surface area contributed by atoms with Gasteiger partial charge in [0.05, 0.1) is 5.02 Å². The predicted octanol–water partition coefficient (Wildman–Crippen LogP) is 2.32. The number of hydrogen-bond donors (Lipinski definition) is 2. The Labute approximate surface area is 121 Å². The third-order valence-electron chi connectivity index (χ3n) is 2.95. The van der Waals surface area contributed by atoms with Gasteiger partial charge in [0.1, 0.15) is 11.7 Å². The van der Waals surface area contributed by atoms with Crippen LogP contribution >= 0.6 is 11.6 Å². The number of amides is 1. The molecule has 0 saturated carbocycles. The van der Waals surface area contributed by atoms with Gasteiger partial charge in [-0.25, -0.2) is 4.39 Å². The number of hydrogen-bond acceptors (Lipinski definition) is 3. The van der Waals surface area contributed by atoms with E-state index in [-0.39, 0.29) is 34.8 Å². The topological polar surface area (TPSA) is 78.9 Å². The SMILES string of the molecule is CCN(CC(C)/C(N)=N/O)C(=O)c1ccc(Cl)c(F)c1. The average Bonchev–Trinajstić information content (AvgIpc) is 2.45. The van der Waals surface area contributed by atoms with Gasteiger partial charge < -0.3 is 15.8 Å². The molecular weight excluding hydrogens is 285 g/mol. The molecule has 0 fully saturated rings. The molecule has 1 unspecified atom stereocenters. The second kappa shape index (κ2) is 7.09. The van der Waals surface area contributed by atoms with Crippen LogP contribution in [0.4, 0.5) is 4.39 Å². The number of nitrogens with two attached hydrogens (primary N) is 1. The molecule has 1 aromatic rings. The van der Waals surface area contributed by atoms with Gasteiger partial charge >= 0.3 is 0 Å². The smallest absolute Gasteiger partial charge is 0.253 e. The minimum absolute atomic E-state index is 0.0328. The normalized spacial score (nSPS) is 13.1. The number of oxime groups is 1. The van der Waals surface area contributed by atoms with Gasteiger partial charge in [0, 0.05) is 24.6 Å². The summed E-state index contributed by atoms with van der Waals surface area (Å²) < 4.78 is 13.4. The van der Waals surface area contributed by atoms with Crippen molar-refractivity contribution in [3.05, 3.63) is 34.6 Å². The molecule has 0 spiro atoms. The number of carbonyl (C=O) groups excluding carboxylic acids is 1. The lowest BCUT2D eigenvalue weighted by Gasteiger charge is -2.24. The molecule has 0 radical (unpaired) electrons. The average molecular weight is 302 g/mol. The molecular formula is C13H17ClFN3O2. The molecule has 7 heteroatoms. The Morgan fingerprint density at radius 1 is 1.60 bits per heavy atom. The van der Waals surface area contributed by atoms with Gasteiger partial charge in [0.15, 0.2) is 0 Å². The van der Waals surface area contributed by atoms with Gasteiger partial charge in [-0.3, -0.25) is 4.79 Å². The van der Waals surface area contributed by atoms with Crippen molar-refractivity contribution in [3.63, 3.8) is 0 Å². The number of carbonyl (C=O) groups is 1. The van der Waals surface area contributed by atoms with E-state index in [0.29, 0.717) is 6.54 Å². The molecule has 1 aromatic carbocycles. The summed E-state index contributed by atoms with van der Waals surface area (Å²) in [6, 6.07) is 3.90. The van der Waals surface area contributed by atoms with Crippen molar-refractivity contribution >= 4 is 23.3 Å². The zero-order valence-electron chi connectivity index (χ0n) is 11.3. The lowest BCUT2D eigenvalue weighted by atomic mass is 10.1. The molecule has 0 bridgehead atoms. The van der Waals surface area contributed by atoms with Crippen LogP contribution in [0.15, 0.2) is 23.4 Å². The highest BCUT2D eigenvalue weighted by molar-refractivity contribution is 6.30. The number of rotatable bonds is 5. The van der Waals surface area contributed by atoms with E-state index in [1.807, 2.05) is 0 Å². The first-order valence-electron chi connectivity index (χ1n) is 6.12. The molecule has 0 saturated heterocycles. The van der Waals surface area contributed by atoms with E-state index in [2.05, 4.69) is 5.16 Å². The van der Waals surface area contributed by atoms with Crippen molar-refractivity contribution in [1.82, 2.24) is 4.90 Å². The lowest BCUT2D eigenvalue weighted by Crippen LogP contribution is -2.38. The molecule has 0 aliphatic carbocycles. The summed E-state index contributed by atoms with van der Waals surface area (Å²) >= 11 is 5.58. The van der Waals surface area contributed by atoms with Crippen molar-refractivity contribution in [3.8, 4) is 0 Å². The van der Waals surface area contributed by atoms with E-state index in [9.17, 15) is 9.18 Å². The summed E-state index contributed by atoms with van der Waals surface area (Å²) in [6.45, 7) is 4.22. The van der Waals surface area contributed by atoms with E-state index in [1.165, 1.54) is 17.0 Å². The van der Waals surface area contributed by atoms with Crippen LogP contribution < -0.4 is 5.73 Å². The van der Waals surface area contributed by atoms with Gasteiger partial charge in [-0.15, -0.1) is 0 Å². The van der Waals surface area contributed by atoms with Crippen LogP contribution in [0.25, 0.3) is 0 Å². The molecule has 1 atom stereocenters. The maximum Gasteiger partial charge on any atom is 0.253 e.